The van der Waals surface area contributed by atoms with Crippen LogP contribution in [0.4, 0.5) is 0 Å². The van der Waals surface area contributed by atoms with Gasteiger partial charge in [0.2, 0.25) is 0 Å². The first kappa shape index (κ1) is 13.1. The van der Waals surface area contributed by atoms with Crippen molar-refractivity contribution in [2.45, 2.75) is 25.8 Å². The Morgan fingerprint density at radius 3 is 2.71 bits per heavy atom. The summed E-state index contributed by atoms with van der Waals surface area (Å²) in [6.45, 7) is 3.72. The highest BCUT2D eigenvalue weighted by atomic mass is 79.9. The maximum absolute atomic E-state index is 8.93. The van der Waals surface area contributed by atoms with Crippen molar-refractivity contribution >= 4 is 15.9 Å². The summed E-state index contributed by atoms with van der Waals surface area (Å²) in [5.41, 5.74) is 1.37. The Kier molecular flexibility index (Phi) is 5.01. The van der Waals surface area contributed by atoms with Gasteiger partial charge in [-0.2, -0.15) is 0 Å². The zero-order valence-electron chi connectivity index (χ0n) is 10.1. The molecule has 1 aliphatic rings. The van der Waals surface area contributed by atoms with Gasteiger partial charge in [0.25, 0.3) is 0 Å². The molecule has 1 aliphatic heterocycles. The molecule has 0 spiro atoms. The molecule has 1 saturated heterocycles. The van der Waals surface area contributed by atoms with Gasteiger partial charge in [0.1, 0.15) is 0 Å². The molecule has 0 aromatic heterocycles. The van der Waals surface area contributed by atoms with Gasteiger partial charge in [-0.25, -0.2) is 0 Å². The van der Waals surface area contributed by atoms with Gasteiger partial charge in [-0.1, -0.05) is 28.1 Å². The third-order valence-corrected chi connectivity index (χ3v) is 4.03. The van der Waals surface area contributed by atoms with Crippen molar-refractivity contribution in [3.05, 3.63) is 34.3 Å². The number of likely N-dealkylation sites (tertiary alicyclic amines) is 1. The highest BCUT2D eigenvalue weighted by molar-refractivity contribution is 9.10. The molecule has 0 radical (unpaired) electrons. The van der Waals surface area contributed by atoms with Crippen LogP contribution in [0.2, 0.25) is 0 Å². The van der Waals surface area contributed by atoms with E-state index in [1.54, 1.807) is 0 Å². The van der Waals surface area contributed by atoms with Crippen molar-refractivity contribution in [3.8, 4) is 0 Å². The average molecular weight is 298 g/mol. The van der Waals surface area contributed by atoms with Crippen LogP contribution in [-0.2, 0) is 6.54 Å². The van der Waals surface area contributed by atoms with Crippen molar-refractivity contribution in [1.82, 2.24) is 4.90 Å². The third kappa shape index (κ3) is 4.09. The lowest BCUT2D eigenvalue weighted by atomic mass is 9.94. The van der Waals surface area contributed by atoms with Crippen molar-refractivity contribution in [2.24, 2.45) is 5.92 Å². The fourth-order valence-corrected chi connectivity index (χ4v) is 2.96. The number of hydrogen-bond donors (Lipinski definition) is 1. The fourth-order valence-electron chi connectivity index (χ4n) is 2.51. The van der Waals surface area contributed by atoms with E-state index in [1.807, 2.05) is 0 Å². The number of hydrogen-bond acceptors (Lipinski definition) is 2. The van der Waals surface area contributed by atoms with Crippen molar-refractivity contribution in [3.63, 3.8) is 0 Å². The standard InChI is InChI=1S/C14H20BrNO/c15-14-3-1-2-13(10-14)11-16-7-4-12(5-8-16)6-9-17/h1-3,10,12,17H,4-9,11H2. The van der Waals surface area contributed by atoms with Crippen LogP contribution < -0.4 is 0 Å². The topological polar surface area (TPSA) is 23.5 Å². The number of halogens is 1. The van der Waals surface area contributed by atoms with E-state index in [-0.39, 0.29) is 0 Å². The number of rotatable bonds is 4. The molecule has 2 rings (SSSR count). The molecule has 3 heteroatoms. The Balaban J connectivity index is 1.82. The minimum atomic E-state index is 0.344. The van der Waals surface area contributed by atoms with E-state index in [9.17, 15) is 0 Å². The Labute approximate surface area is 112 Å². The lowest BCUT2D eigenvalue weighted by Gasteiger charge is -2.31. The van der Waals surface area contributed by atoms with E-state index in [0.29, 0.717) is 6.61 Å². The van der Waals surface area contributed by atoms with Gasteiger partial charge in [0.15, 0.2) is 0 Å². The van der Waals surface area contributed by atoms with Crippen LogP contribution >= 0.6 is 15.9 Å². The number of benzene rings is 1. The van der Waals surface area contributed by atoms with Gasteiger partial charge >= 0.3 is 0 Å². The van der Waals surface area contributed by atoms with Gasteiger partial charge in [-0.3, -0.25) is 4.90 Å². The second-order valence-corrected chi connectivity index (χ2v) is 5.78. The normalized spacial score (nSPS) is 18.5. The average Bonchev–Trinajstić information content (AvgIpc) is 2.32. The molecule has 1 fully saturated rings. The molecule has 0 saturated carbocycles. The quantitative estimate of drug-likeness (QED) is 0.923. The van der Waals surface area contributed by atoms with Crippen molar-refractivity contribution < 1.29 is 5.11 Å². The molecule has 1 aromatic carbocycles. The van der Waals surface area contributed by atoms with E-state index in [2.05, 4.69) is 45.1 Å². The van der Waals surface area contributed by atoms with Crippen LogP contribution in [0.5, 0.6) is 0 Å². The SMILES string of the molecule is OCCC1CCN(Cc2cccc(Br)c2)CC1. The lowest BCUT2D eigenvalue weighted by Crippen LogP contribution is -2.33. The van der Waals surface area contributed by atoms with E-state index in [1.165, 1.54) is 18.4 Å². The molecule has 2 nitrogen and oxygen atoms in total. The number of piperidine rings is 1. The molecular weight excluding hydrogens is 278 g/mol. The van der Waals surface area contributed by atoms with Gasteiger partial charge in [0.05, 0.1) is 0 Å². The van der Waals surface area contributed by atoms with Crippen LogP contribution in [0.25, 0.3) is 0 Å². The summed E-state index contributed by atoms with van der Waals surface area (Å²) >= 11 is 3.51. The summed E-state index contributed by atoms with van der Waals surface area (Å²) in [7, 11) is 0. The first-order chi connectivity index (χ1) is 8.28. The fraction of sp³-hybridized carbons (Fsp3) is 0.571. The maximum Gasteiger partial charge on any atom is 0.0433 e. The zero-order valence-corrected chi connectivity index (χ0v) is 11.7. The number of nitrogens with zero attached hydrogens (tertiary/aromatic N) is 1. The van der Waals surface area contributed by atoms with Crippen LogP contribution in [0.1, 0.15) is 24.8 Å². The van der Waals surface area contributed by atoms with E-state index < -0.39 is 0 Å². The van der Waals surface area contributed by atoms with Gasteiger partial charge in [-0.15, -0.1) is 0 Å². The second-order valence-electron chi connectivity index (χ2n) is 4.86. The monoisotopic (exact) mass is 297 g/mol. The zero-order chi connectivity index (χ0) is 12.1. The molecule has 0 unspecified atom stereocenters. The van der Waals surface area contributed by atoms with Crippen molar-refractivity contribution in [2.75, 3.05) is 19.7 Å². The molecule has 1 heterocycles. The van der Waals surface area contributed by atoms with E-state index >= 15 is 0 Å². The highest BCUT2D eigenvalue weighted by Gasteiger charge is 2.18. The molecule has 0 aliphatic carbocycles. The molecule has 0 bridgehead atoms. The molecular formula is C14H20BrNO. The number of aliphatic hydroxyl groups is 1. The molecule has 1 aromatic rings. The first-order valence-electron chi connectivity index (χ1n) is 6.35. The Morgan fingerprint density at radius 1 is 1.29 bits per heavy atom. The minimum absolute atomic E-state index is 0.344. The predicted octanol–water partition coefficient (Wildman–Crippen LogP) is 3.04. The highest BCUT2D eigenvalue weighted by Crippen LogP contribution is 2.22. The Morgan fingerprint density at radius 2 is 2.06 bits per heavy atom. The van der Waals surface area contributed by atoms with Crippen molar-refractivity contribution in [1.29, 1.82) is 0 Å². The summed E-state index contributed by atoms with van der Waals surface area (Å²) < 4.78 is 1.16. The Hall–Kier alpha value is -0.380. The van der Waals surface area contributed by atoms with Crippen LogP contribution in [-0.4, -0.2) is 29.7 Å². The van der Waals surface area contributed by atoms with Gasteiger partial charge in [0, 0.05) is 17.6 Å². The smallest absolute Gasteiger partial charge is 0.0433 e. The summed E-state index contributed by atoms with van der Waals surface area (Å²) in [5, 5.41) is 8.93. The van der Waals surface area contributed by atoms with Crippen LogP contribution in [0.3, 0.4) is 0 Å². The number of aliphatic hydroxyl groups excluding tert-OH is 1. The second kappa shape index (κ2) is 6.53. The lowest BCUT2D eigenvalue weighted by molar-refractivity contribution is 0.153. The van der Waals surface area contributed by atoms with Gasteiger partial charge in [-0.05, 0) is 56.0 Å². The van der Waals surface area contributed by atoms with Crippen LogP contribution in [0, 0.1) is 5.92 Å². The summed E-state index contributed by atoms with van der Waals surface area (Å²) in [5.74, 6) is 0.735. The summed E-state index contributed by atoms with van der Waals surface area (Å²) in [6.07, 6.45) is 3.44. The maximum atomic E-state index is 8.93. The molecule has 17 heavy (non-hydrogen) atoms. The molecule has 0 atom stereocenters. The summed E-state index contributed by atoms with van der Waals surface area (Å²) in [4.78, 5) is 2.51. The van der Waals surface area contributed by atoms with E-state index in [0.717, 1.165) is 36.4 Å². The molecule has 94 valence electrons. The van der Waals surface area contributed by atoms with Crippen LogP contribution in [0.15, 0.2) is 28.7 Å². The largest absolute Gasteiger partial charge is 0.396 e. The first-order valence-corrected chi connectivity index (χ1v) is 7.15. The predicted molar refractivity (Wildman–Crippen MR) is 73.8 cm³/mol. The van der Waals surface area contributed by atoms with E-state index in [4.69, 9.17) is 5.11 Å². The molecule has 1 N–H and O–H groups in total. The summed E-state index contributed by atoms with van der Waals surface area (Å²) in [6, 6.07) is 8.54. The molecule has 0 amide bonds. The van der Waals surface area contributed by atoms with Gasteiger partial charge < -0.3 is 5.11 Å². The minimum Gasteiger partial charge on any atom is -0.396 e. The Bertz CT molecular complexity index is 348. The third-order valence-electron chi connectivity index (χ3n) is 3.54.